The van der Waals surface area contributed by atoms with E-state index in [0.29, 0.717) is 4.88 Å². The first-order valence-electron chi connectivity index (χ1n) is 9.49. The highest BCUT2D eigenvalue weighted by atomic mass is 32.1. The van der Waals surface area contributed by atoms with E-state index in [4.69, 9.17) is 0 Å². The minimum absolute atomic E-state index is 0.105. The summed E-state index contributed by atoms with van der Waals surface area (Å²) in [6.45, 7) is 1.87. The molecular weight excluding hydrogens is 378 g/mol. The van der Waals surface area contributed by atoms with Gasteiger partial charge in [0.15, 0.2) is 0 Å². The van der Waals surface area contributed by atoms with Gasteiger partial charge < -0.3 is 5.32 Å². The molecule has 2 aromatic carbocycles. The summed E-state index contributed by atoms with van der Waals surface area (Å²) in [6.07, 6.45) is 2.46. The number of carbonyl (C=O) groups excluding carboxylic acids is 1. The van der Waals surface area contributed by atoms with Crippen LogP contribution in [0.4, 0.5) is 0 Å². The van der Waals surface area contributed by atoms with Crippen LogP contribution in [0.25, 0.3) is 10.7 Å². The first kappa shape index (κ1) is 19.0. The number of carbonyl (C=O) groups is 1. The van der Waals surface area contributed by atoms with Crippen molar-refractivity contribution in [1.29, 1.82) is 0 Å². The van der Waals surface area contributed by atoms with Crippen molar-refractivity contribution < 1.29 is 4.79 Å². The number of nitrogens with zero attached hydrogens (tertiary/aromatic N) is 2. The minimum atomic E-state index is -0.120. The van der Waals surface area contributed by atoms with Gasteiger partial charge in [-0.2, -0.15) is 0 Å². The van der Waals surface area contributed by atoms with Gasteiger partial charge in [0.2, 0.25) is 0 Å². The number of rotatable bonds is 6. The molecule has 0 radical (unpaired) electrons. The van der Waals surface area contributed by atoms with E-state index in [-0.39, 0.29) is 11.9 Å². The van der Waals surface area contributed by atoms with E-state index in [1.807, 2.05) is 73.7 Å². The summed E-state index contributed by atoms with van der Waals surface area (Å²) >= 11 is 1.38. The van der Waals surface area contributed by atoms with E-state index < -0.39 is 0 Å². The zero-order chi connectivity index (χ0) is 20.1. The Morgan fingerprint density at radius 3 is 2.34 bits per heavy atom. The van der Waals surface area contributed by atoms with Crippen molar-refractivity contribution in [1.82, 2.24) is 15.3 Å². The Labute approximate surface area is 174 Å². The van der Waals surface area contributed by atoms with Crippen LogP contribution in [-0.4, -0.2) is 15.9 Å². The van der Waals surface area contributed by atoms with Gasteiger partial charge in [-0.1, -0.05) is 66.7 Å². The molecule has 4 rings (SSSR count). The third-order valence-electron chi connectivity index (χ3n) is 4.68. The molecule has 1 unspecified atom stereocenters. The number of hydrogen-bond donors (Lipinski definition) is 1. The monoisotopic (exact) mass is 399 g/mol. The summed E-state index contributed by atoms with van der Waals surface area (Å²) in [7, 11) is 0. The fourth-order valence-corrected chi connectivity index (χ4v) is 4.16. The van der Waals surface area contributed by atoms with E-state index in [9.17, 15) is 4.79 Å². The van der Waals surface area contributed by atoms with Crippen molar-refractivity contribution >= 4 is 17.2 Å². The number of amides is 1. The quantitative estimate of drug-likeness (QED) is 0.483. The largest absolute Gasteiger partial charge is 0.344 e. The molecule has 2 heterocycles. The molecule has 0 aliphatic carbocycles. The second-order valence-electron chi connectivity index (χ2n) is 6.77. The highest BCUT2D eigenvalue weighted by Gasteiger charge is 2.21. The fraction of sp³-hybridized carbons (Fsp3) is 0.125. The molecule has 2 aromatic heterocycles. The van der Waals surface area contributed by atoms with Crippen molar-refractivity contribution in [2.24, 2.45) is 0 Å². The smallest absolute Gasteiger partial charge is 0.263 e. The van der Waals surface area contributed by atoms with Gasteiger partial charge in [0.1, 0.15) is 9.88 Å². The van der Waals surface area contributed by atoms with E-state index in [1.165, 1.54) is 16.9 Å². The summed E-state index contributed by atoms with van der Waals surface area (Å²) in [5.41, 5.74) is 3.76. The first-order chi connectivity index (χ1) is 14.2. The molecule has 144 valence electrons. The SMILES string of the molecule is Cc1nc(-c2ccccn2)sc1C(=O)NC(Cc1ccccc1)c1ccccc1. The van der Waals surface area contributed by atoms with Gasteiger partial charge in [0.25, 0.3) is 5.91 Å². The minimum Gasteiger partial charge on any atom is -0.344 e. The molecule has 0 aliphatic rings. The maximum Gasteiger partial charge on any atom is 0.263 e. The number of hydrogen-bond acceptors (Lipinski definition) is 4. The molecule has 5 heteroatoms. The third-order valence-corrected chi connectivity index (χ3v) is 5.86. The van der Waals surface area contributed by atoms with Crippen molar-refractivity contribution in [2.75, 3.05) is 0 Å². The summed E-state index contributed by atoms with van der Waals surface area (Å²) in [6, 6.07) is 25.8. The highest BCUT2D eigenvalue weighted by Crippen LogP contribution is 2.27. The van der Waals surface area contributed by atoms with Crippen molar-refractivity contribution in [3.63, 3.8) is 0 Å². The zero-order valence-electron chi connectivity index (χ0n) is 16.1. The maximum atomic E-state index is 13.1. The van der Waals surface area contributed by atoms with E-state index in [0.717, 1.165) is 28.4 Å². The van der Waals surface area contributed by atoms with Crippen LogP contribution in [0.3, 0.4) is 0 Å². The van der Waals surface area contributed by atoms with Gasteiger partial charge in [0, 0.05) is 6.20 Å². The lowest BCUT2D eigenvalue weighted by molar-refractivity contribution is 0.0940. The normalized spacial score (nSPS) is 11.8. The van der Waals surface area contributed by atoms with Gasteiger partial charge in [-0.25, -0.2) is 4.98 Å². The molecule has 0 saturated heterocycles. The standard InChI is InChI=1S/C24H21N3OS/c1-17-22(29-24(26-17)20-14-8-9-15-25-20)23(28)27-21(19-12-6-3-7-13-19)16-18-10-4-2-5-11-18/h2-15,21H,16H2,1H3,(H,27,28). The Balaban J connectivity index is 1.59. The highest BCUT2D eigenvalue weighted by molar-refractivity contribution is 7.17. The number of thiazole rings is 1. The van der Waals surface area contributed by atoms with Crippen LogP contribution < -0.4 is 5.32 Å². The molecule has 4 nitrogen and oxygen atoms in total. The Morgan fingerprint density at radius 1 is 0.966 bits per heavy atom. The lowest BCUT2D eigenvalue weighted by Crippen LogP contribution is -2.29. The third kappa shape index (κ3) is 4.58. The Morgan fingerprint density at radius 2 is 1.66 bits per heavy atom. The topological polar surface area (TPSA) is 54.9 Å². The molecule has 4 aromatic rings. The van der Waals surface area contributed by atoms with Crippen LogP contribution in [0.2, 0.25) is 0 Å². The fourth-order valence-electron chi connectivity index (χ4n) is 3.22. The average molecular weight is 400 g/mol. The molecule has 0 fully saturated rings. The van der Waals surface area contributed by atoms with Crippen LogP contribution in [0.1, 0.15) is 32.5 Å². The number of aryl methyl sites for hydroxylation is 1. The Kier molecular flexibility index (Phi) is 5.77. The van der Waals surface area contributed by atoms with Gasteiger partial charge in [-0.05, 0) is 36.6 Å². The number of aromatic nitrogens is 2. The number of benzene rings is 2. The van der Waals surface area contributed by atoms with Crippen LogP contribution in [0, 0.1) is 6.92 Å². The van der Waals surface area contributed by atoms with Crippen molar-refractivity contribution in [3.05, 3.63) is 107 Å². The van der Waals surface area contributed by atoms with Crippen molar-refractivity contribution in [3.8, 4) is 10.7 Å². The number of pyridine rings is 1. The molecule has 1 amide bonds. The Bertz CT molecular complexity index is 1080. The summed E-state index contributed by atoms with van der Waals surface area (Å²) in [5.74, 6) is -0.105. The molecule has 0 spiro atoms. The predicted molar refractivity (Wildman–Crippen MR) is 117 cm³/mol. The van der Waals surface area contributed by atoms with Crippen LogP contribution in [0.5, 0.6) is 0 Å². The van der Waals surface area contributed by atoms with E-state index in [2.05, 4.69) is 27.4 Å². The molecule has 1 N–H and O–H groups in total. The van der Waals surface area contributed by atoms with Crippen LogP contribution >= 0.6 is 11.3 Å². The molecule has 1 atom stereocenters. The first-order valence-corrected chi connectivity index (χ1v) is 10.3. The molecule has 29 heavy (non-hydrogen) atoms. The summed E-state index contributed by atoms with van der Waals surface area (Å²) < 4.78 is 0. The molecular formula is C24H21N3OS. The van der Waals surface area contributed by atoms with Gasteiger partial charge in [-0.3, -0.25) is 9.78 Å². The lowest BCUT2D eigenvalue weighted by atomic mass is 9.99. The van der Waals surface area contributed by atoms with Crippen LogP contribution in [-0.2, 0) is 6.42 Å². The van der Waals surface area contributed by atoms with E-state index >= 15 is 0 Å². The Hall–Kier alpha value is -3.31. The van der Waals surface area contributed by atoms with Crippen LogP contribution in [0.15, 0.2) is 85.1 Å². The molecule has 0 aliphatic heterocycles. The van der Waals surface area contributed by atoms with Gasteiger partial charge in [-0.15, -0.1) is 11.3 Å². The average Bonchev–Trinajstić information content (AvgIpc) is 3.17. The predicted octanol–water partition coefficient (Wildman–Crippen LogP) is 5.23. The molecule has 0 bridgehead atoms. The lowest BCUT2D eigenvalue weighted by Gasteiger charge is -2.19. The zero-order valence-corrected chi connectivity index (χ0v) is 16.9. The summed E-state index contributed by atoms with van der Waals surface area (Å²) in [5, 5.41) is 3.97. The second kappa shape index (κ2) is 8.80. The number of nitrogens with one attached hydrogen (secondary N) is 1. The van der Waals surface area contributed by atoms with Crippen molar-refractivity contribution in [2.45, 2.75) is 19.4 Å². The van der Waals surface area contributed by atoms with Gasteiger partial charge in [0.05, 0.1) is 17.4 Å². The van der Waals surface area contributed by atoms with E-state index in [1.54, 1.807) is 6.20 Å². The molecule has 0 saturated carbocycles. The maximum absolute atomic E-state index is 13.1. The summed E-state index contributed by atoms with van der Waals surface area (Å²) in [4.78, 5) is 22.7. The van der Waals surface area contributed by atoms with Gasteiger partial charge >= 0.3 is 0 Å². The second-order valence-corrected chi connectivity index (χ2v) is 7.77.